The average Bonchev–Trinajstić information content (AvgIpc) is 3.53. The number of nitrogen functional groups attached to an aromatic ring is 1. The highest BCUT2D eigenvalue weighted by molar-refractivity contribution is 7.20. The number of hydrogen-bond acceptors (Lipinski definition) is 9. The first kappa shape index (κ1) is 23.9. The molecular formula is C29H21N3O4S2. The minimum Gasteiger partial charge on any atom is -0.462 e. The summed E-state index contributed by atoms with van der Waals surface area (Å²) in [5.74, 6) is -0.490. The van der Waals surface area contributed by atoms with Crippen LogP contribution in [0.1, 0.15) is 16.6 Å². The van der Waals surface area contributed by atoms with Gasteiger partial charge in [0.25, 0.3) is 0 Å². The molecule has 0 atom stereocenters. The van der Waals surface area contributed by atoms with Crippen molar-refractivity contribution in [2.45, 2.75) is 6.92 Å². The Morgan fingerprint density at radius 1 is 1.05 bits per heavy atom. The molecule has 9 heteroatoms. The van der Waals surface area contributed by atoms with Crippen LogP contribution in [0.3, 0.4) is 0 Å². The zero-order valence-corrected chi connectivity index (χ0v) is 21.8. The van der Waals surface area contributed by atoms with Gasteiger partial charge in [-0.15, -0.1) is 22.7 Å². The minimum absolute atomic E-state index is 0.237. The summed E-state index contributed by atoms with van der Waals surface area (Å²) < 4.78 is 10.9. The zero-order valence-electron chi connectivity index (χ0n) is 20.2. The highest BCUT2D eigenvalue weighted by atomic mass is 32.1. The predicted octanol–water partition coefficient (Wildman–Crippen LogP) is 7.30. The molecular weight excluding hydrogens is 518 g/mol. The number of anilines is 3. The number of nitrogens with zero attached hydrogens (tertiary/aromatic N) is 1. The summed E-state index contributed by atoms with van der Waals surface area (Å²) in [6.45, 7) is 1.98. The van der Waals surface area contributed by atoms with E-state index in [9.17, 15) is 9.59 Å². The van der Waals surface area contributed by atoms with Crippen LogP contribution in [-0.4, -0.2) is 17.6 Å². The lowest BCUT2D eigenvalue weighted by molar-refractivity contribution is 0.0533. The lowest BCUT2D eigenvalue weighted by atomic mass is 10.0. The minimum atomic E-state index is -0.490. The molecule has 6 rings (SSSR count). The predicted molar refractivity (Wildman–Crippen MR) is 155 cm³/mol. The number of para-hydroxylation sites is 1. The van der Waals surface area contributed by atoms with Crippen molar-refractivity contribution in [3.63, 3.8) is 0 Å². The second-order valence-electron chi connectivity index (χ2n) is 8.44. The Hall–Kier alpha value is -4.47. The van der Waals surface area contributed by atoms with Gasteiger partial charge in [0, 0.05) is 16.5 Å². The fourth-order valence-corrected chi connectivity index (χ4v) is 6.29. The van der Waals surface area contributed by atoms with Crippen LogP contribution < -0.4 is 16.7 Å². The summed E-state index contributed by atoms with van der Waals surface area (Å²) in [6, 6.07) is 23.1. The number of carbonyl (C=O) groups excluding carboxylic acids is 1. The topological polar surface area (TPSA) is 107 Å². The molecule has 0 radical (unpaired) electrons. The Morgan fingerprint density at radius 2 is 1.84 bits per heavy atom. The Morgan fingerprint density at radius 3 is 2.66 bits per heavy atom. The van der Waals surface area contributed by atoms with Crippen LogP contribution in [-0.2, 0) is 4.74 Å². The molecule has 0 unspecified atom stereocenters. The summed E-state index contributed by atoms with van der Waals surface area (Å²) in [5, 5.41) is 9.25. The van der Waals surface area contributed by atoms with Crippen LogP contribution in [0.4, 0.5) is 16.4 Å². The highest BCUT2D eigenvalue weighted by Gasteiger charge is 2.26. The van der Waals surface area contributed by atoms with E-state index in [2.05, 4.69) is 5.32 Å². The van der Waals surface area contributed by atoms with Gasteiger partial charge in [-0.2, -0.15) is 0 Å². The zero-order chi connectivity index (χ0) is 26.2. The van der Waals surface area contributed by atoms with Crippen molar-refractivity contribution in [2.24, 2.45) is 0 Å². The number of thiazole rings is 1. The third-order valence-corrected chi connectivity index (χ3v) is 8.03. The molecule has 6 aromatic rings. The van der Waals surface area contributed by atoms with Gasteiger partial charge < -0.3 is 20.2 Å². The number of nitrogens with one attached hydrogen (secondary N) is 1. The standard InChI is InChI=1S/C29H21N3O4S2/c1-2-35-29(34)25-24(30)23(27(38-25)31-17-9-4-3-5-10-17)26-32-21(15-37-26)20-14-19-18-11-7-6-8-16(18)12-13-22(19)36-28(20)33/h3-15,31H,2,30H2,1H3. The number of carbonyl (C=O) groups is 1. The van der Waals surface area contributed by atoms with Crippen LogP contribution in [0, 0.1) is 0 Å². The second-order valence-corrected chi connectivity index (χ2v) is 10.3. The van der Waals surface area contributed by atoms with Crippen molar-refractivity contribution < 1.29 is 13.9 Å². The van der Waals surface area contributed by atoms with Crippen molar-refractivity contribution in [3.05, 3.63) is 93.5 Å². The summed E-state index contributed by atoms with van der Waals surface area (Å²) >= 11 is 2.55. The summed E-state index contributed by atoms with van der Waals surface area (Å²) in [5.41, 5.74) is 9.07. The van der Waals surface area contributed by atoms with Crippen molar-refractivity contribution in [3.8, 4) is 21.8 Å². The van der Waals surface area contributed by atoms with Crippen molar-refractivity contribution in [2.75, 3.05) is 17.7 Å². The number of ether oxygens (including phenoxy) is 1. The molecule has 0 saturated carbocycles. The fourth-order valence-electron chi connectivity index (χ4n) is 4.31. The van der Waals surface area contributed by atoms with Crippen LogP contribution in [0.25, 0.3) is 43.6 Å². The molecule has 0 aliphatic carbocycles. The third-order valence-electron chi connectivity index (χ3n) is 6.07. The van der Waals surface area contributed by atoms with Crippen LogP contribution in [0.2, 0.25) is 0 Å². The molecule has 3 aromatic carbocycles. The van der Waals surface area contributed by atoms with Gasteiger partial charge in [0.05, 0.1) is 29.1 Å². The smallest absolute Gasteiger partial charge is 0.350 e. The van der Waals surface area contributed by atoms with E-state index in [1.54, 1.807) is 18.4 Å². The number of fused-ring (bicyclic) bond motifs is 3. The van der Waals surface area contributed by atoms with Crippen molar-refractivity contribution in [1.29, 1.82) is 0 Å². The van der Waals surface area contributed by atoms with Gasteiger partial charge >= 0.3 is 11.6 Å². The number of nitrogens with two attached hydrogens (primary N) is 1. The van der Waals surface area contributed by atoms with Crippen LogP contribution in [0.15, 0.2) is 87.4 Å². The van der Waals surface area contributed by atoms with E-state index in [0.29, 0.717) is 37.3 Å². The van der Waals surface area contributed by atoms with E-state index < -0.39 is 11.6 Å². The van der Waals surface area contributed by atoms with E-state index in [0.717, 1.165) is 21.8 Å². The maximum Gasteiger partial charge on any atom is 0.350 e. The second kappa shape index (κ2) is 9.77. The highest BCUT2D eigenvalue weighted by Crippen LogP contribution is 2.46. The Kier molecular flexibility index (Phi) is 6.15. The third kappa shape index (κ3) is 4.21. The Balaban J connectivity index is 1.47. The molecule has 0 saturated heterocycles. The van der Waals surface area contributed by atoms with E-state index in [4.69, 9.17) is 19.9 Å². The number of esters is 1. The molecule has 3 N–H and O–H groups in total. The fraction of sp³-hybridized carbons (Fsp3) is 0.0690. The number of thiophene rings is 1. The molecule has 0 amide bonds. The van der Waals surface area contributed by atoms with Crippen LogP contribution >= 0.6 is 22.7 Å². The molecule has 0 fully saturated rings. The SMILES string of the molecule is CCOC(=O)c1sc(Nc2ccccc2)c(-c2nc(-c3cc4c(ccc5ccccc54)oc3=O)cs2)c1N. The first-order valence-corrected chi connectivity index (χ1v) is 13.6. The average molecular weight is 540 g/mol. The van der Waals surface area contributed by atoms with Gasteiger partial charge in [-0.25, -0.2) is 14.6 Å². The normalized spacial score (nSPS) is 11.2. The van der Waals surface area contributed by atoms with E-state index in [1.165, 1.54) is 22.7 Å². The maximum atomic E-state index is 13.0. The first-order valence-electron chi connectivity index (χ1n) is 11.9. The maximum absolute atomic E-state index is 13.0. The van der Waals surface area contributed by atoms with E-state index in [1.807, 2.05) is 66.7 Å². The number of rotatable bonds is 6. The largest absolute Gasteiger partial charge is 0.462 e. The molecule has 188 valence electrons. The van der Waals surface area contributed by atoms with E-state index in [-0.39, 0.29) is 12.3 Å². The number of aromatic nitrogens is 1. The monoisotopic (exact) mass is 539 g/mol. The van der Waals surface area contributed by atoms with Crippen LogP contribution in [0.5, 0.6) is 0 Å². The number of hydrogen-bond donors (Lipinski definition) is 2. The quantitative estimate of drug-likeness (QED) is 0.130. The molecule has 0 aliphatic rings. The molecule has 0 bridgehead atoms. The Labute approximate surface area is 225 Å². The molecule has 7 nitrogen and oxygen atoms in total. The summed E-state index contributed by atoms with van der Waals surface area (Å²) in [6.07, 6.45) is 0. The molecule has 0 aliphatic heterocycles. The molecule has 3 aromatic heterocycles. The summed E-state index contributed by atoms with van der Waals surface area (Å²) in [7, 11) is 0. The number of benzene rings is 3. The summed E-state index contributed by atoms with van der Waals surface area (Å²) in [4.78, 5) is 30.7. The van der Waals surface area contributed by atoms with Gasteiger partial charge in [-0.3, -0.25) is 0 Å². The lowest BCUT2D eigenvalue weighted by Gasteiger charge is -2.06. The van der Waals surface area contributed by atoms with Gasteiger partial charge in [0.2, 0.25) is 0 Å². The van der Waals surface area contributed by atoms with Gasteiger partial charge in [-0.05, 0) is 42.0 Å². The van der Waals surface area contributed by atoms with Crippen molar-refractivity contribution >= 4 is 66.8 Å². The van der Waals surface area contributed by atoms with Gasteiger partial charge in [0.1, 0.15) is 20.5 Å². The van der Waals surface area contributed by atoms with Crippen molar-refractivity contribution in [1.82, 2.24) is 4.98 Å². The lowest BCUT2D eigenvalue weighted by Crippen LogP contribution is -2.05. The van der Waals surface area contributed by atoms with Gasteiger partial charge in [0.15, 0.2) is 0 Å². The van der Waals surface area contributed by atoms with Gasteiger partial charge in [-0.1, -0.05) is 48.5 Å². The first-order chi connectivity index (χ1) is 18.5. The Bertz CT molecular complexity index is 1870. The molecule has 0 spiro atoms. The molecule has 38 heavy (non-hydrogen) atoms. The van der Waals surface area contributed by atoms with E-state index >= 15 is 0 Å². The molecule has 3 heterocycles.